The molecule has 0 spiro atoms. The van der Waals surface area contributed by atoms with Gasteiger partial charge in [-0.05, 0) is 55.2 Å². The van der Waals surface area contributed by atoms with E-state index in [1.54, 1.807) is 4.90 Å². The second-order valence-corrected chi connectivity index (χ2v) is 6.48. The van der Waals surface area contributed by atoms with Crippen molar-refractivity contribution in [2.24, 2.45) is 0 Å². The van der Waals surface area contributed by atoms with Crippen molar-refractivity contribution in [2.75, 3.05) is 16.8 Å². The van der Waals surface area contributed by atoms with Gasteiger partial charge < -0.3 is 10.2 Å². The van der Waals surface area contributed by atoms with Crippen LogP contribution in [-0.2, 0) is 9.59 Å². The Labute approximate surface area is 149 Å². The second kappa shape index (κ2) is 8.47. The van der Waals surface area contributed by atoms with Crippen molar-refractivity contribution < 1.29 is 9.59 Å². The summed E-state index contributed by atoms with van der Waals surface area (Å²) >= 11 is 0. The molecule has 0 atom stereocenters. The highest BCUT2D eigenvalue weighted by Gasteiger charge is 2.17. The van der Waals surface area contributed by atoms with Crippen LogP contribution in [0.25, 0.3) is 0 Å². The zero-order chi connectivity index (χ0) is 18.4. The highest BCUT2D eigenvalue weighted by atomic mass is 16.2. The van der Waals surface area contributed by atoms with Gasteiger partial charge in [0, 0.05) is 17.9 Å². The van der Waals surface area contributed by atoms with Gasteiger partial charge in [0.25, 0.3) is 0 Å². The Hall–Kier alpha value is -2.62. The van der Waals surface area contributed by atoms with E-state index >= 15 is 0 Å². The lowest BCUT2D eigenvalue weighted by atomic mass is 10.0. The third-order valence-electron chi connectivity index (χ3n) is 4.10. The molecule has 1 N–H and O–H groups in total. The third-order valence-corrected chi connectivity index (χ3v) is 4.10. The van der Waals surface area contributed by atoms with Crippen LogP contribution < -0.4 is 10.2 Å². The lowest BCUT2D eigenvalue weighted by Crippen LogP contribution is -2.33. The van der Waals surface area contributed by atoms with Crippen LogP contribution in [0.15, 0.2) is 48.5 Å². The number of hydrogen-bond acceptors (Lipinski definition) is 2. The van der Waals surface area contributed by atoms with E-state index in [9.17, 15) is 9.59 Å². The van der Waals surface area contributed by atoms with E-state index < -0.39 is 0 Å². The molecule has 4 heteroatoms. The molecular formula is C21H26N2O2. The van der Waals surface area contributed by atoms with Crippen molar-refractivity contribution in [1.82, 2.24) is 0 Å². The molecule has 0 bridgehead atoms. The summed E-state index contributed by atoms with van der Waals surface area (Å²) in [5.41, 5.74) is 3.83. The second-order valence-electron chi connectivity index (χ2n) is 6.48. The first kappa shape index (κ1) is 18.7. The molecule has 0 aliphatic carbocycles. The topological polar surface area (TPSA) is 49.4 Å². The summed E-state index contributed by atoms with van der Waals surface area (Å²) in [5, 5.41) is 2.79. The molecule has 0 radical (unpaired) electrons. The van der Waals surface area contributed by atoms with Crippen molar-refractivity contribution in [2.45, 2.75) is 40.0 Å². The Morgan fingerprint density at radius 2 is 1.76 bits per heavy atom. The number of benzene rings is 2. The summed E-state index contributed by atoms with van der Waals surface area (Å²) < 4.78 is 0. The molecule has 132 valence electrons. The quantitative estimate of drug-likeness (QED) is 0.788. The van der Waals surface area contributed by atoms with E-state index in [0.717, 1.165) is 11.3 Å². The summed E-state index contributed by atoms with van der Waals surface area (Å²) in [6, 6.07) is 15.5. The van der Waals surface area contributed by atoms with Gasteiger partial charge in [-0.25, -0.2) is 0 Å². The van der Waals surface area contributed by atoms with Crippen LogP contribution in [0.5, 0.6) is 0 Å². The fourth-order valence-electron chi connectivity index (χ4n) is 2.69. The summed E-state index contributed by atoms with van der Waals surface area (Å²) in [6.07, 6.45) is -0.173. The monoisotopic (exact) mass is 338 g/mol. The minimum Gasteiger partial charge on any atom is -0.326 e. The number of amides is 2. The van der Waals surface area contributed by atoms with E-state index in [2.05, 4.69) is 19.2 Å². The molecule has 25 heavy (non-hydrogen) atoms. The highest BCUT2D eigenvalue weighted by Crippen LogP contribution is 2.19. The molecule has 2 rings (SSSR count). The van der Waals surface area contributed by atoms with Crippen molar-refractivity contribution in [3.63, 3.8) is 0 Å². The van der Waals surface area contributed by atoms with Crippen LogP contribution in [0, 0.1) is 6.92 Å². The number of nitrogens with zero attached hydrogens (tertiary/aromatic N) is 1. The Balaban J connectivity index is 1.99. The fraction of sp³-hybridized carbons (Fsp3) is 0.333. The summed E-state index contributed by atoms with van der Waals surface area (Å²) in [5.74, 6) is -0.0587. The summed E-state index contributed by atoms with van der Waals surface area (Å²) in [6.45, 7) is 8.66. The van der Waals surface area contributed by atoms with E-state index in [1.807, 2.05) is 62.4 Å². The van der Waals surface area contributed by atoms with Crippen LogP contribution in [0.1, 0.15) is 44.2 Å². The first-order chi connectivity index (χ1) is 11.9. The molecule has 0 heterocycles. The van der Waals surface area contributed by atoms with Crippen LogP contribution >= 0.6 is 0 Å². The van der Waals surface area contributed by atoms with Gasteiger partial charge in [0.2, 0.25) is 11.8 Å². The SMILES string of the molecule is CCN(C(=O)CC(=O)Nc1ccc(C(C)C)cc1)c1cccc(C)c1. The average molecular weight is 338 g/mol. The zero-order valence-corrected chi connectivity index (χ0v) is 15.4. The van der Waals surface area contributed by atoms with Gasteiger partial charge in [-0.15, -0.1) is 0 Å². The summed E-state index contributed by atoms with van der Waals surface area (Å²) in [4.78, 5) is 26.3. The van der Waals surface area contributed by atoms with Gasteiger partial charge in [0.1, 0.15) is 6.42 Å². The van der Waals surface area contributed by atoms with Crippen molar-refractivity contribution in [1.29, 1.82) is 0 Å². The maximum Gasteiger partial charge on any atom is 0.236 e. The number of aryl methyl sites for hydroxylation is 1. The molecule has 0 saturated carbocycles. The van der Waals surface area contributed by atoms with Crippen molar-refractivity contribution in [3.05, 3.63) is 59.7 Å². The highest BCUT2D eigenvalue weighted by molar-refractivity contribution is 6.09. The van der Waals surface area contributed by atoms with Crippen LogP contribution in [-0.4, -0.2) is 18.4 Å². The Kier molecular flexibility index (Phi) is 6.34. The maximum absolute atomic E-state index is 12.5. The largest absolute Gasteiger partial charge is 0.326 e. The van der Waals surface area contributed by atoms with E-state index in [0.29, 0.717) is 18.2 Å². The number of carbonyl (C=O) groups excluding carboxylic acids is 2. The molecular weight excluding hydrogens is 312 g/mol. The number of rotatable bonds is 6. The van der Waals surface area contributed by atoms with Gasteiger partial charge in [-0.1, -0.05) is 38.1 Å². The first-order valence-corrected chi connectivity index (χ1v) is 8.67. The van der Waals surface area contributed by atoms with Gasteiger partial charge >= 0.3 is 0 Å². The predicted octanol–water partition coefficient (Wildman–Crippen LogP) is 4.50. The average Bonchev–Trinajstić information content (AvgIpc) is 2.56. The van der Waals surface area contributed by atoms with Gasteiger partial charge in [0.15, 0.2) is 0 Å². The van der Waals surface area contributed by atoms with Crippen molar-refractivity contribution >= 4 is 23.2 Å². The van der Waals surface area contributed by atoms with Gasteiger partial charge in [-0.2, -0.15) is 0 Å². The molecule has 0 aliphatic rings. The van der Waals surface area contributed by atoms with E-state index in [4.69, 9.17) is 0 Å². The minimum absolute atomic E-state index is 0.173. The zero-order valence-electron chi connectivity index (χ0n) is 15.4. The van der Waals surface area contributed by atoms with E-state index in [1.165, 1.54) is 5.56 Å². The lowest BCUT2D eigenvalue weighted by molar-refractivity contribution is -0.125. The molecule has 0 fully saturated rings. The molecule has 0 saturated heterocycles. The minimum atomic E-state index is -0.298. The van der Waals surface area contributed by atoms with Gasteiger partial charge in [-0.3, -0.25) is 9.59 Å². The molecule has 0 aliphatic heterocycles. The molecule has 0 aromatic heterocycles. The third kappa shape index (κ3) is 5.18. The standard InChI is InChI=1S/C21H26N2O2/c1-5-23(19-8-6-7-16(4)13-19)21(25)14-20(24)22-18-11-9-17(10-12-18)15(2)3/h6-13,15H,5,14H2,1-4H3,(H,22,24). The van der Waals surface area contributed by atoms with Gasteiger partial charge in [0.05, 0.1) is 0 Å². The number of carbonyl (C=O) groups is 2. The molecule has 2 amide bonds. The molecule has 2 aromatic carbocycles. The van der Waals surface area contributed by atoms with Crippen molar-refractivity contribution in [3.8, 4) is 0 Å². The smallest absolute Gasteiger partial charge is 0.236 e. The normalized spacial score (nSPS) is 10.6. The Bertz CT molecular complexity index is 736. The molecule has 4 nitrogen and oxygen atoms in total. The fourth-order valence-corrected chi connectivity index (χ4v) is 2.69. The van der Waals surface area contributed by atoms with Crippen LogP contribution in [0.2, 0.25) is 0 Å². The van der Waals surface area contributed by atoms with E-state index in [-0.39, 0.29) is 18.2 Å². The molecule has 0 unspecified atom stereocenters. The Morgan fingerprint density at radius 3 is 2.32 bits per heavy atom. The number of nitrogens with one attached hydrogen (secondary N) is 1. The Morgan fingerprint density at radius 1 is 1.08 bits per heavy atom. The lowest BCUT2D eigenvalue weighted by Gasteiger charge is -2.21. The molecule has 2 aromatic rings. The number of hydrogen-bond donors (Lipinski definition) is 1. The first-order valence-electron chi connectivity index (χ1n) is 8.67. The summed E-state index contributed by atoms with van der Waals surface area (Å²) in [7, 11) is 0. The maximum atomic E-state index is 12.5. The van der Waals surface area contributed by atoms with Crippen LogP contribution in [0.3, 0.4) is 0 Å². The van der Waals surface area contributed by atoms with Crippen LogP contribution in [0.4, 0.5) is 11.4 Å². The number of anilines is 2. The predicted molar refractivity (Wildman–Crippen MR) is 103 cm³/mol.